The van der Waals surface area contributed by atoms with Gasteiger partial charge in [-0.1, -0.05) is 12.1 Å². The molecule has 2 rings (SSSR count). The zero-order chi connectivity index (χ0) is 21.0. The van der Waals surface area contributed by atoms with Crippen LogP contribution in [0.1, 0.15) is 12.0 Å². The van der Waals surface area contributed by atoms with E-state index in [2.05, 4.69) is 10.2 Å². The molecule has 0 bridgehead atoms. The van der Waals surface area contributed by atoms with Gasteiger partial charge in [0, 0.05) is 46.9 Å². The molecule has 1 fully saturated rings. The molecule has 0 spiro atoms. The SMILES string of the molecule is COCCN(CCOC)S(=O)(=O)c1cccc(CNCCCN2CCOCC2)c1. The van der Waals surface area contributed by atoms with Crippen LogP contribution in [-0.4, -0.2) is 97.5 Å². The molecule has 1 N–H and O–H groups in total. The van der Waals surface area contributed by atoms with Gasteiger partial charge in [0.05, 0.1) is 31.3 Å². The third kappa shape index (κ3) is 8.29. The van der Waals surface area contributed by atoms with Gasteiger partial charge in [-0.05, 0) is 37.2 Å². The highest BCUT2D eigenvalue weighted by atomic mass is 32.2. The summed E-state index contributed by atoms with van der Waals surface area (Å²) in [5, 5.41) is 3.41. The number of benzene rings is 1. The Balaban J connectivity index is 1.87. The Bertz CT molecular complexity index is 672. The molecule has 0 unspecified atom stereocenters. The van der Waals surface area contributed by atoms with Gasteiger partial charge >= 0.3 is 0 Å². The fourth-order valence-corrected chi connectivity index (χ4v) is 4.67. The minimum atomic E-state index is -3.59. The van der Waals surface area contributed by atoms with Gasteiger partial charge in [0.1, 0.15) is 0 Å². The number of sulfonamides is 1. The van der Waals surface area contributed by atoms with E-state index in [-0.39, 0.29) is 0 Å². The third-order valence-electron chi connectivity index (χ3n) is 4.89. The number of rotatable bonds is 14. The summed E-state index contributed by atoms with van der Waals surface area (Å²) >= 11 is 0. The van der Waals surface area contributed by atoms with E-state index in [0.717, 1.165) is 51.4 Å². The van der Waals surface area contributed by atoms with Crippen molar-refractivity contribution in [2.75, 3.05) is 79.9 Å². The van der Waals surface area contributed by atoms with E-state index in [4.69, 9.17) is 14.2 Å². The van der Waals surface area contributed by atoms with Crippen molar-refractivity contribution in [1.82, 2.24) is 14.5 Å². The highest BCUT2D eigenvalue weighted by Crippen LogP contribution is 2.17. The third-order valence-corrected chi connectivity index (χ3v) is 6.78. The van der Waals surface area contributed by atoms with Gasteiger partial charge in [0.2, 0.25) is 10.0 Å². The number of nitrogens with one attached hydrogen (secondary N) is 1. The monoisotopic (exact) mass is 429 g/mol. The standard InChI is InChI=1S/C20H35N3O5S/c1-26-13-11-23(12-14-27-2)29(24,25)20-6-3-5-19(17-20)18-21-7-4-8-22-9-15-28-16-10-22/h3,5-6,17,21H,4,7-16,18H2,1-2H3. The van der Waals surface area contributed by atoms with E-state index >= 15 is 0 Å². The molecular formula is C20H35N3O5S. The lowest BCUT2D eigenvalue weighted by Gasteiger charge is -2.26. The summed E-state index contributed by atoms with van der Waals surface area (Å²) in [6, 6.07) is 7.13. The summed E-state index contributed by atoms with van der Waals surface area (Å²) in [4.78, 5) is 2.71. The Kier molecular flexibility index (Phi) is 11.1. The molecule has 0 radical (unpaired) electrons. The van der Waals surface area contributed by atoms with Crippen molar-refractivity contribution < 1.29 is 22.6 Å². The van der Waals surface area contributed by atoms with Crippen LogP contribution in [0.4, 0.5) is 0 Å². The van der Waals surface area contributed by atoms with Gasteiger partial charge in [0.25, 0.3) is 0 Å². The second kappa shape index (κ2) is 13.3. The lowest BCUT2D eigenvalue weighted by atomic mass is 10.2. The molecule has 1 aliphatic heterocycles. The van der Waals surface area contributed by atoms with Crippen LogP contribution in [0.3, 0.4) is 0 Å². The molecule has 1 aromatic carbocycles. The summed E-state index contributed by atoms with van der Waals surface area (Å²) in [7, 11) is -0.467. The molecule has 1 aromatic rings. The van der Waals surface area contributed by atoms with Crippen LogP contribution in [0.5, 0.6) is 0 Å². The second-order valence-electron chi connectivity index (χ2n) is 7.02. The van der Waals surface area contributed by atoms with Crippen molar-refractivity contribution in [3.05, 3.63) is 29.8 Å². The highest BCUT2D eigenvalue weighted by molar-refractivity contribution is 7.89. The van der Waals surface area contributed by atoms with E-state index in [1.807, 2.05) is 6.07 Å². The van der Waals surface area contributed by atoms with Gasteiger partial charge in [-0.2, -0.15) is 4.31 Å². The number of hydrogen-bond acceptors (Lipinski definition) is 7. The average Bonchev–Trinajstić information content (AvgIpc) is 2.74. The van der Waals surface area contributed by atoms with E-state index in [0.29, 0.717) is 37.7 Å². The van der Waals surface area contributed by atoms with E-state index in [9.17, 15) is 8.42 Å². The minimum Gasteiger partial charge on any atom is -0.383 e. The largest absolute Gasteiger partial charge is 0.383 e. The van der Waals surface area contributed by atoms with Crippen LogP contribution in [-0.2, 0) is 30.8 Å². The van der Waals surface area contributed by atoms with Gasteiger partial charge in [-0.25, -0.2) is 8.42 Å². The van der Waals surface area contributed by atoms with Crippen LogP contribution in [0, 0.1) is 0 Å². The van der Waals surface area contributed by atoms with Crippen molar-refractivity contribution in [3.8, 4) is 0 Å². The van der Waals surface area contributed by atoms with Gasteiger partial charge in [-0.15, -0.1) is 0 Å². The molecule has 29 heavy (non-hydrogen) atoms. The molecular weight excluding hydrogens is 394 g/mol. The molecule has 8 nitrogen and oxygen atoms in total. The summed E-state index contributed by atoms with van der Waals surface area (Å²) in [6.45, 7) is 7.51. The fourth-order valence-electron chi connectivity index (χ4n) is 3.19. The predicted octanol–water partition coefficient (Wildman–Crippen LogP) is 0.782. The first-order valence-corrected chi connectivity index (χ1v) is 11.6. The fraction of sp³-hybridized carbons (Fsp3) is 0.700. The van der Waals surface area contributed by atoms with Gasteiger partial charge < -0.3 is 19.5 Å². The maximum Gasteiger partial charge on any atom is 0.243 e. The summed E-state index contributed by atoms with van der Waals surface area (Å²) in [5.41, 5.74) is 0.955. The Morgan fingerprint density at radius 1 is 1.14 bits per heavy atom. The number of morpholine rings is 1. The number of ether oxygens (including phenoxy) is 3. The van der Waals surface area contributed by atoms with Crippen LogP contribution in [0.2, 0.25) is 0 Å². The van der Waals surface area contributed by atoms with Gasteiger partial charge in [0.15, 0.2) is 0 Å². The summed E-state index contributed by atoms with van der Waals surface area (Å²) in [6.07, 6.45) is 1.06. The molecule has 0 saturated carbocycles. The molecule has 1 saturated heterocycles. The molecule has 166 valence electrons. The Labute approximate surface area is 175 Å². The Morgan fingerprint density at radius 3 is 2.48 bits per heavy atom. The summed E-state index contributed by atoms with van der Waals surface area (Å²) in [5.74, 6) is 0. The zero-order valence-electron chi connectivity index (χ0n) is 17.6. The van der Waals surface area contributed by atoms with Crippen molar-refractivity contribution in [2.24, 2.45) is 0 Å². The van der Waals surface area contributed by atoms with Crippen LogP contribution >= 0.6 is 0 Å². The van der Waals surface area contributed by atoms with Crippen molar-refractivity contribution in [1.29, 1.82) is 0 Å². The average molecular weight is 430 g/mol. The van der Waals surface area contributed by atoms with E-state index in [1.54, 1.807) is 32.4 Å². The molecule has 9 heteroatoms. The molecule has 1 aliphatic rings. The van der Waals surface area contributed by atoms with Gasteiger partial charge in [-0.3, -0.25) is 4.90 Å². The first kappa shape index (κ1) is 24.2. The molecule has 0 atom stereocenters. The molecule has 0 aromatic heterocycles. The zero-order valence-corrected chi connectivity index (χ0v) is 18.5. The van der Waals surface area contributed by atoms with Crippen LogP contribution in [0.15, 0.2) is 29.2 Å². The first-order chi connectivity index (χ1) is 14.1. The quantitative estimate of drug-likeness (QED) is 0.438. The summed E-state index contributed by atoms with van der Waals surface area (Å²) < 4.78 is 42.9. The Morgan fingerprint density at radius 2 is 1.83 bits per heavy atom. The maximum absolute atomic E-state index is 13.0. The van der Waals surface area contributed by atoms with Crippen molar-refractivity contribution in [3.63, 3.8) is 0 Å². The topological polar surface area (TPSA) is 80.3 Å². The molecule has 0 amide bonds. The number of methoxy groups -OCH3 is 2. The minimum absolute atomic E-state index is 0.298. The predicted molar refractivity (Wildman–Crippen MR) is 113 cm³/mol. The lowest BCUT2D eigenvalue weighted by molar-refractivity contribution is 0.0374. The van der Waals surface area contributed by atoms with E-state index < -0.39 is 10.0 Å². The van der Waals surface area contributed by atoms with Crippen LogP contribution in [0.25, 0.3) is 0 Å². The second-order valence-corrected chi connectivity index (χ2v) is 8.96. The molecule has 0 aliphatic carbocycles. The normalized spacial score (nSPS) is 15.8. The molecule has 1 heterocycles. The maximum atomic E-state index is 13.0. The van der Waals surface area contributed by atoms with Crippen molar-refractivity contribution >= 4 is 10.0 Å². The first-order valence-electron chi connectivity index (χ1n) is 10.2. The number of hydrogen-bond donors (Lipinski definition) is 1. The van der Waals surface area contributed by atoms with E-state index in [1.165, 1.54) is 4.31 Å². The Hall–Kier alpha value is -1.07. The van der Waals surface area contributed by atoms with Crippen LogP contribution < -0.4 is 5.32 Å². The highest BCUT2D eigenvalue weighted by Gasteiger charge is 2.24. The smallest absolute Gasteiger partial charge is 0.243 e. The van der Waals surface area contributed by atoms with Crippen molar-refractivity contribution in [2.45, 2.75) is 17.9 Å². The number of nitrogens with zero attached hydrogens (tertiary/aromatic N) is 2. The lowest BCUT2D eigenvalue weighted by Crippen LogP contribution is -2.37.